The lowest BCUT2D eigenvalue weighted by Gasteiger charge is -2.12. The molecular weight excluding hydrogens is 84.1 g/mol. The third-order valence-corrected chi connectivity index (χ3v) is 1.26. The topological polar surface area (TPSA) is 0 Å². The SMILES string of the molecule is C[C-]=C(C)C(C)C. The van der Waals surface area contributed by atoms with Gasteiger partial charge in [0.25, 0.3) is 0 Å². The van der Waals surface area contributed by atoms with Crippen LogP contribution in [-0.4, -0.2) is 0 Å². The van der Waals surface area contributed by atoms with E-state index in [1.807, 2.05) is 6.92 Å². The smallest absolute Gasteiger partial charge is 0.0583 e. The molecule has 0 spiro atoms. The van der Waals surface area contributed by atoms with Crippen LogP contribution in [0.5, 0.6) is 0 Å². The Morgan fingerprint density at radius 1 is 1.43 bits per heavy atom. The van der Waals surface area contributed by atoms with Gasteiger partial charge in [-0.2, -0.15) is 6.92 Å². The van der Waals surface area contributed by atoms with Gasteiger partial charge >= 0.3 is 0 Å². The molecule has 7 heavy (non-hydrogen) atoms. The maximum Gasteiger partial charge on any atom is -0.0583 e. The first-order chi connectivity index (χ1) is 3.18. The maximum atomic E-state index is 3.08. The molecule has 0 heterocycles. The molecule has 0 aromatic rings. The predicted molar refractivity (Wildman–Crippen MR) is 32.9 cm³/mol. The molecule has 0 radical (unpaired) electrons. The largest absolute Gasteiger partial charge is 0.500 e. The molecule has 0 unspecified atom stereocenters. The highest BCUT2D eigenvalue weighted by molar-refractivity contribution is 4.92. The average Bonchev–Trinajstić information content (AvgIpc) is 1.65. The summed E-state index contributed by atoms with van der Waals surface area (Å²) >= 11 is 0. The molecule has 42 valence electrons. The zero-order valence-corrected chi connectivity index (χ0v) is 5.58. The van der Waals surface area contributed by atoms with Gasteiger partial charge in [-0.3, -0.25) is 5.57 Å². The van der Waals surface area contributed by atoms with Crippen molar-refractivity contribution in [1.82, 2.24) is 0 Å². The third-order valence-electron chi connectivity index (χ3n) is 1.26. The minimum absolute atomic E-state index is 0.671. The van der Waals surface area contributed by atoms with E-state index in [2.05, 4.69) is 26.8 Å². The first kappa shape index (κ1) is 6.74. The highest BCUT2D eigenvalue weighted by Gasteiger charge is 1.81. The monoisotopic (exact) mass is 97.1 g/mol. The molecule has 0 aromatic heterocycles. The van der Waals surface area contributed by atoms with E-state index in [0.717, 1.165) is 0 Å². The molecule has 0 saturated carbocycles. The van der Waals surface area contributed by atoms with Crippen molar-refractivity contribution < 1.29 is 0 Å². The van der Waals surface area contributed by atoms with Crippen LogP contribution in [0.1, 0.15) is 27.7 Å². The molecule has 0 aliphatic carbocycles. The summed E-state index contributed by atoms with van der Waals surface area (Å²) in [6, 6.07) is 0. The van der Waals surface area contributed by atoms with E-state index in [0.29, 0.717) is 5.92 Å². The van der Waals surface area contributed by atoms with Crippen molar-refractivity contribution in [3.8, 4) is 0 Å². The molecule has 0 N–H and O–H groups in total. The average molecular weight is 97.2 g/mol. The molecule has 0 aliphatic heterocycles. The van der Waals surface area contributed by atoms with Crippen molar-refractivity contribution in [2.24, 2.45) is 5.92 Å². The van der Waals surface area contributed by atoms with Gasteiger partial charge < -0.3 is 6.08 Å². The fraction of sp³-hybridized carbons (Fsp3) is 0.714. The Labute approximate surface area is 46.2 Å². The van der Waals surface area contributed by atoms with Crippen molar-refractivity contribution in [3.63, 3.8) is 0 Å². The normalized spacial score (nSPS) is 13.0. The van der Waals surface area contributed by atoms with E-state index in [-0.39, 0.29) is 0 Å². The molecule has 0 rings (SSSR count). The third kappa shape index (κ3) is 2.44. The van der Waals surface area contributed by atoms with Gasteiger partial charge in [0.15, 0.2) is 0 Å². The summed E-state index contributed by atoms with van der Waals surface area (Å²) in [4.78, 5) is 0. The summed E-state index contributed by atoms with van der Waals surface area (Å²) in [6.45, 7) is 8.40. The molecule has 0 heteroatoms. The van der Waals surface area contributed by atoms with Gasteiger partial charge in [-0.15, -0.1) is 0 Å². The van der Waals surface area contributed by atoms with Crippen LogP contribution in [0.2, 0.25) is 0 Å². The summed E-state index contributed by atoms with van der Waals surface area (Å²) in [5.74, 6) is 0.671. The quantitative estimate of drug-likeness (QED) is 0.441. The van der Waals surface area contributed by atoms with Crippen molar-refractivity contribution in [2.75, 3.05) is 0 Å². The van der Waals surface area contributed by atoms with E-state index in [9.17, 15) is 0 Å². The zero-order chi connectivity index (χ0) is 5.86. The second-order valence-electron chi connectivity index (χ2n) is 2.09. The fourth-order valence-electron chi connectivity index (χ4n) is 0.289. The predicted octanol–water partition coefficient (Wildman–Crippen LogP) is 2.41. The van der Waals surface area contributed by atoms with E-state index in [1.165, 1.54) is 5.57 Å². The van der Waals surface area contributed by atoms with Crippen LogP contribution in [0, 0.1) is 12.0 Å². The van der Waals surface area contributed by atoms with Gasteiger partial charge in [-0.25, -0.2) is 0 Å². The minimum Gasteiger partial charge on any atom is -0.500 e. The van der Waals surface area contributed by atoms with Crippen molar-refractivity contribution in [3.05, 3.63) is 11.6 Å². The van der Waals surface area contributed by atoms with Crippen LogP contribution < -0.4 is 0 Å². The van der Waals surface area contributed by atoms with Crippen molar-refractivity contribution >= 4 is 0 Å². The first-order valence-corrected chi connectivity index (χ1v) is 2.69. The molecule has 0 fully saturated rings. The lowest BCUT2D eigenvalue weighted by Crippen LogP contribution is -1.86. The van der Waals surface area contributed by atoms with E-state index in [4.69, 9.17) is 0 Å². The van der Waals surface area contributed by atoms with Crippen molar-refractivity contribution in [1.29, 1.82) is 0 Å². The van der Waals surface area contributed by atoms with Crippen LogP contribution in [0.4, 0.5) is 0 Å². The van der Waals surface area contributed by atoms with Gasteiger partial charge in [0, 0.05) is 0 Å². The van der Waals surface area contributed by atoms with E-state index >= 15 is 0 Å². The standard InChI is InChI=1S/C7H13/c1-5-7(4)6(2)3/h6H,1-4H3/q-1. The summed E-state index contributed by atoms with van der Waals surface area (Å²) in [5.41, 5.74) is 1.35. The summed E-state index contributed by atoms with van der Waals surface area (Å²) in [6.07, 6.45) is 3.08. The minimum atomic E-state index is 0.671. The first-order valence-electron chi connectivity index (χ1n) is 2.69. The van der Waals surface area contributed by atoms with E-state index in [1.54, 1.807) is 0 Å². The van der Waals surface area contributed by atoms with Gasteiger partial charge in [-0.1, -0.05) is 26.7 Å². The summed E-state index contributed by atoms with van der Waals surface area (Å²) < 4.78 is 0. The van der Waals surface area contributed by atoms with Gasteiger partial charge in [0.05, 0.1) is 0 Å². The Morgan fingerprint density at radius 2 is 1.86 bits per heavy atom. The molecule has 0 aliphatic rings. The zero-order valence-electron chi connectivity index (χ0n) is 5.58. The van der Waals surface area contributed by atoms with Crippen LogP contribution >= 0.6 is 0 Å². The van der Waals surface area contributed by atoms with Gasteiger partial charge in [0.1, 0.15) is 0 Å². The Bertz CT molecular complexity index is 68.1. The number of hydrogen-bond donors (Lipinski definition) is 0. The lowest BCUT2D eigenvalue weighted by atomic mass is 10.1. The van der Waals surface area contributed by atoms with Crippen LogP contribution in [0.25, 0.3) is 0 Å². The molecule has 0 bridgehead atoms. The Hall–Kier alpha value is -0.260. The molecule has 0 amide bonds. The second kappa shape index (κ2) is 2.84. The Balaban J connectivity index is 3.56. The van der Waals surface area contributed by atoms with Crippen LogP contribution in [-0.2, 0) is 0 Å². The second-order valence-corrected chi connectivity index (χ2v) is 2.09. The molecule has 0 nitrogen and oxygen atoms in total. The molecule has 0 atom stereocenters. The van der Waals surface area contributed by atoms with Gasteiger partial charge in [-0.05, 0) is 0 Å². The summed E-state index contributed by atoms with van der Waals surface area (Å²) in [7, 11) is 0. The maximum absolute atomic E-state index is 3.08. The van der Waals surface area contributed by atoms with Gasteiger partial charge in [0.2, 0.25) is 0 Å². The lowest BCUT2D eigenvalue weighted by molar-refractivity contribution is 0.763. The van der Waals surface area contributed by atoms with E-state index < -0.39 is 0 Å². The van der Waals surface area contributed by atoms with Crippen LogP contribution in [0.15, 0.2) is 5.57 Å². The fourth-order valence-corrected chi connectivity index (χ4v) is 0.289. The molecule has 0 aromatic carbocycles. The highest BCUT2D eigenvalue weighted by Crippen LogP contribution is 2.05. The Morgan fingerprint density at radius 3 is 1.86 bits per heavy atom. The van der Waals surface area contributed by atoms with Crippen molar-refractivity contribution in [2.45, 2.75) is 27.7 Å². The number of allylic oxidation sites excluding steroid dienone is 2. The molecular formula is C7H13-. The molecule has 0 saturated heterocycles. The Kier molecular flexibility index (Phi) is 2.73. The number of hydrogen-bond acceptors (Lipinski definition) is 0. The highest BCUT2D eigenvalue weighted by atomic mass is 14.0. The van der Waals surface area contributed by atoms with Crippen LogP contribution in [0.3, 0.4) is 0 Å². The number of rotatable bonds is 1. The summed E-state index contributed by atoms with van der Waals surface area (Å²) in [5, 5.41) is 0.